The lowest BCUT2D eigenvalue weighted by Gasteiger charge is -2.12. The summed E-state index contributed by atoms with van der Waals surface area (Å²) in [6, 6.07) is 8.83. The van der Waals surface area contributed by atoms with Gasteiger partial charge in [0.15, 0.2) is 0 Å². The molecular weight excluding hydrogens is 226 g/mol. The van der Waals surface area contributed by atoms with Gasteiger partial charge in [0, 0.05) is 29.1 Å². The Kier molecular flexibility index (Phi) is 3.41. The molecule has 0 spiro atoms. The number of nitrogens with zero attached hydrogens (tertiary/aromatic N) is 1. The molecule has 0 saturated carbocycles. The molecule has 96 valence electrons. The monoisotopic (exact) mass is 245 g/mol. The van der Waals surface area contributed by atoms with Gasteiger partial charge in [-0.05, 0) is 51.0 Å². The average Bonchev–Trinajstić information content (AvgIpc) is 2.61. The van der Waals surface area contributed by atoms with Gasteiger partial charge >= 0.3 is 5.97 Å². The molecule has 0 aliphatic heterocycles. The zero-order chi connectivity index (χ0) is 13.3. The van der Waals surface area contributed by atoms with E-state index in [2.05, 4.69) is 43.5 Å². The van der Waals surface area contributed by atoms with Crippen molar-refractivity contribution in [2.45, 2.75) is 39.7 Å². The first-order valence-electron chi connectivity index (χ1n) is 6.31. The molecular formula is C15H19NO2. The fraction of sp³-hybridized carbons (Fsp3) is 0.400. The van der Waals surface area contributed by atoms with Crippen molar-refractivity contribution in [3.63, 3.8) is 0 Å². The van der Waals surface area contributed by atoms with E-state index in [4.69, 9.17) is 5.11 Å². The van der Waals surface area contributed by atoms with Gasteiger partial charge in [0.05, 0.1) is 0 Å². The minimum atomic E-state index is -0.744. The summed E-state index contributed by atoms with van der Waals surface area (Å²) in [7, 11) is 0. The van der Waals surface area contributed by atoms with Crippen molar-refractivity contribution in [2.75, 3.05) is 0 Å². The van der Waals surface area contributed by atoms with Crippen LogP contribution in [0.5, 0.6) is 0 Å². The number of aliphatic carboxylic acids is 1. The lowest BCUT2D eigenvalue weighted by Crippen LogP contribution is -2.02. The Hall–Kier alpha value is -1.77. The van der Waals surface area contributed by atoms with Crippen molar-refractivity contribution in [1.29, 1.82) is 0 Å². The molecule has 0 unspecified atom stereocenters. The third-order valence-corrected chi connectivity index (χ3v) is 3.24. The van der Waals surface area contributed by atoms with Crippen LogP contribution in [0.3, 0.4) is 0 Å². The van der Waals surface area contributed by atoms with Crippen molar-refractivity contribution < 1.29 is 9.90 Å². The van der Waals surface area contributed by atoms with E-state index < -0.39 is 5.97 Å². The standard InChI is InChI=1S/C15H19NO2/c1-10(2)16-11(3)8-13-9-12(4-6-14(13)16)5-7-15(17)18/h4,6,8-10H,5,7H2,1-3H3,(H,17,18). The van der Waals surface area contributed by atoms with Crippen molar-refractivity contribution >= 4 is 16.9 Å². The molecule has 1 aromatic carbocycles. The molecule has 1 aromatic heterocycles. The van der Waals surface area contributed by atoms with Crippen LogP contribution >= 0.6 is 0 Å². The van der Waals surface area contributed by atoms with Gasteiger partial charge in [0.2, 0.25) is 0 Å². The fourth-order valence-corrected chi connectivity index (χ4v) is 2.52. The average molecular weight is 245 g/mol. The molecule has 1 heterocycles. The number of aromatic nitrogens is 1. The van der Waals surface area contributed by atoms with Gasteiger partial charge < -0.3 is 9.67 Å². The molecule has 18 heavy (non-hydrogen) atoms. The second-order valence-electron chi connectivity index (χ2n) is 5.04. The first-order chi connectivity index (χ1) is 8.49. The number of hydrogen-bond acceptors (Lipinski definition) is 1. The summed E-state index contributed by atoms with van der Waals surface area (Å²) < 4.78 is 2.30. The summed E-state index contributed by atoms with van der Waals surface area (Å²) in [4.78, 5) is 10.6. The Labute approximate surface area is 107 Å². The third kappa shape index (κ3) is 2.40. The van der Waals surface area contributed by atoms with E-state index in [9.17, 15) is 4.79 Å². The van der Waals surface area contributed by atoms with Gasteiger partial charge in [-0.15, -0.1) is 0 Å². The molecule has 0 bridgehead atoms. The van der Waals surface area contributed by atoms with Crippen LogP contribution in [0.25, 0.3) is 10.9 Å². The molecule has 2 aromatic rings. The number of rotatable bonds is 4. The Morgan fingerprint density at radius 3 is 2.67 bits per heavy atom. The van der Waals surface area contributed by atoms with Crippen molar-refractivity contribution in [3.8, 4) is 0 Å². The molecule has 3 nitrogen and oxygen atoms in total. The number of hydrogen-bond donors (Lipinski definition) is 1. The summed E-state index contributed by atoms with van der Waals surface area (Å²) >= 11 is 0. The zero-order valence-electron chi connectivity index (χ0n) is 11.1. The van der Waals surface area contributed by atoms with Crippen LogP contribution < -0.4 is 0 Å². The Balaban J connectivity index is 2.38. The molecule has 0 atom stereocenters. The van der Waals surface area contributed by atoms with E-state index in [0.717, 1.165) is 5.56 Å². The SMILES string of the molecule is Cc1cc2cc(CCC(=O)O)ccc2n1C(C)C. The smallest absolute Gasteiger partial charge is 0.303 e. The van der Waals surface area contributed by atoms with Crippen molar-refractivity contribution in [2.24, 2.45) is 0 Å². The fourth-order valence-electron chi connectivity index (χ4n) is 2.52. The summed E-state index contributed by atoms with van der Waals surface area (Å²) in [5, 5.41) is 9.90. The molecule has 0 radical (unpaired) electrons. The van der Waals surface area contributed by atoms with Gasteiger partial charge in [-0.1, -0.05) is 6.07 Å². The van der Waals surface area contributed by atoms with Crippen molar-refractivity contribution in [1.82, 2.24) is 4.57 Å². The highest BCUT2D eigenvalue weighted by atomic mass is 16.4. The van der Waals surface area contributed by atoms with Gasteiger partial charge in [0.25, 0.3) is 0 Å². The maximum atomic E-state index is 10.6. The molecule has 0 aliphatic carbocycles. The van der Waals surface area contributed by atoms with Crippen LogP contribution in [0.2, 0.25) is 0 Å². The second-order valence-corrected chi connectivity index (χ2v) is 5.04. The highest BCUT2D eigenvalue weighted by Crippen LogP contribution is 2.25. The minimum absolute atomic E-state index is 0.190. The Morgan fingerprint density at radius 1 is 1.33 bits per heavy atom. The van der Waals surface area contributed by atoms with E-state index in [1.165, 1.54) is 16.6 Å². The maximum absolute atomic E-state index is 10.6. The highest BCUT2D eigenvalue weighted by Gasteiger charge is 2.09. The molecule has 2 rings (SSSR count). The zero-order valence-corrected chi connectivity index (χ0v) is 11.1. The van der Waals surface area contributed by atoms with Crippen LogP contribution in [-0.4, -0.2) is 15.6 Å². The molecule has 0 aliphatic rings. The first-order valence-corrected chi connectivity index (χ1v) is 6.31. The molecule has 0 fully saturated rings. The normalized spacial score (nSPS) is 11.3. The van der Waals surface area contributed by atoms with E-state index >= 15 is 0 Å². The lowest BCUT2D eigenvalue weighted by atomic mass is 10.1. The molecule has 3 heteroatoms. The molecule has 0 saturated heterocycles. The van der Waals surface area contributed by atoms with Crippen LogP contribution in [-0.2, 0) is 11.2 Å². The summed E-state index contributed by atoms with van der Waals surface area (Å²) in [5.74, 6) is -0.744. The number of aryl methyl sites for hydroxylation is 2. The van der Waals surface area contributed by atoms with Crippen LogP contribution in [0.4, 0.5) is 0 Å². The Morgan fingerprint density at radius 2 is 2.06 bits per heavy atom. The first kappa shape index (κ1) is 12.7. The minimum Gasteiger partial charge on any atom is -0.481 e. The summed E-state index contributed by atoms with van der Waals surface area (Å²) in [6.45, 7) is 6.45. The van der Waals surface area contributed by atoms with E-state index in [1.807, 2.05) is 6.07 Å². The van der Waals surface area contributed by atoms with Crippen LogP contribution in [0.1, 0.15) is 37.6 Å². The van der Waals surface area contributed by atoms with Crippen LogP contribution in [0.15, 0.2) is 24.3 Å². The quantitative estimate of drug-likeness (QED) is 0.895. The second kappa shape index (κ2) is 4.84. The lowest BCUT2D eigenvalue weighted by molar-refractivity contribution is -0.136. The van der Waals surface area contributed by atoms with Crippen molar-refractivity contribution in [3.05, 3.63) is 35.5 Å². The number of carbonyl (C=O) groups is 1. The topological polar surface area (TPSA) is 42.2 Å². The van der Waals surface area contributed by atoms with E-state index in [1.54, 1.807) is 0 Å². The van der Waals surface area contributed by atoms with Gasteiger partial charge in [-0.3, -0.25) is 4.79 Å². The van der Waals surface area contributed by atoms with Gasteiger partial charge in [0.1, 0.15) is 0 Å². The highest BCUT2D eigenvalue weighted by molar-refractivity contribution is 5.82. The third-order valence-electron chi connectivity index (χ3n) is 3.24. The maximum Gasteiger partial charge on any atom is 0.303 e. The van der Waals surface area contributed by atoms with Gasteiger partial charge in [-0.2, -0.15) is 0 Å². The predicted molar refractivity (Wildman–Crippen MR) is 73.0 cm³/mol. The Bertz CT molecular complexity index is 581. The van der Waals surface area contributed by atoms with Gasteiger partial charge in [-0.25, -0.2) is 0 Å². The summed E-state index contributed by atoms with van der Waals surface area (Å²) in [5.41, 5.74) is 3.56. The molecule has 0 amide bonds. The number of benzene rings is 1. The number of carboxylic acids is 1. The van der Waals surface area contributed by atoms with E-state index in [-0.39, 0.29) is 6.42 Å². The molecule has 1 N–H and O–H groups in total. The number of fused-ring (bicyclic) bond motifs is 1. The van der Waals surface area contributed by atoms with Crippen LogP contribution in [0, 0.1) is 6.92 Å². The van der Waals surface area contributed by atoms with E-state index in [0.29, 0.717) is 12.5 Å². The summed E-state index contributed by atoms with van der Waals surface area (Å²) in [6.07, 6.45) is 0.784. The predicted octanol–water partition coefficient (Wildman–Crippen LogP) is 3.55. The largest absolute Gasteiger partial charge is 0.481 e. The number of carboxylic acid groups (broad SMARTS) is 1.